The molecule has 0 spiro atoms. The van der Waals surface area contributed by atoms with Crippen molar-refractivity contribution in [2.75, 3.05) is 27.2 Å². The summed E-state index contributed by atoms with van der Waals surface area (Å²) in [7, 11) is 3.47. The summed E-state index contributed by atoms with van der Waals surface area (Å²) in [6, 6.07) is -0.229. The lowest BCUT2D eigenvalue weighted by Gasteiger charge is -2.19. The molecular weight excluding hydrogens is 132 g/mol. The van der Waals surface area contributed by atoms with E-state index in [2.05, 4.69) is 10.6 Å². The molecule has 0 bridgehead atoms. The quantitative estimate of drug-likeness (QED) is 0.369. The average molecular weight is 148 g/mol. The van der Waals surface area contributed by atoms with Crippen molar-refractivity contribution < 1.29 is 10.2 Å². The van der Waals surface area contributed by atoms with Crippen LogP contribution in [0.15, 0.2) is 0 Å². The van der Waals surface area contributed by atoms with Crippen LogP contribution in [-0.2, 0) is 0 Å². The van der Waals surface area contributed by atoms with E-state index in [9.17, 15) is 5.11 Å². The van der Waals surface area contributed by atoms with Crippen molar-refractivity contribution in [1.82, 2.24) is 10.6 Å². The molecule has 2 atom stereocenters. The Labute approximate surface area is 61.3 Å². The van der Waals surface area contributed by atoms with Gasteiger partial charge in [0, 0.05) is 6.54 Å². The monoisotopic (exact) mass is 148 g/mol. The Morgan fingerprint density at radius 2 is 2.00 bits per heavy atom. The standard InChI is InChI=1S/C6H16N2O2/c1-7-3-6(10)5(4-9)8-2/h5-10H,3-4H2,1-2H3. The van der Waals surface area contributed by atoms with Crippen molar-refractivity contribution >= 4 is 0 Å². The molecule has 2 unspecified atom stereocenters. The van der Waals surface area contributed by atoms with Crippen LogP contribution in [0.3, 0.4) is 0 Å². The van der Waals surface area contributed by atoms with Gasteiger partial charge in [0.25, 0.3) is 0 Å². The van der Waals surface area contributed by atoms with Crippen molar-refractivity contribution in [1.29, 1.82) is 0 Å². The minimum absolute atomic E-state index is 0.0423. The van der Waals surface area contributed by atoms with Crippen LogP contribution in [0.2, 0.25) is 0 Å². The van der Waals surface area contributed by atoms with Crippen LogP contribution >= 0.6 is 0 Å². The molecule has 0 saturated carbocycles. The molecule has 0 rings (SSSR count). The van der Waals surface area contributed by atoms with E-state index in [4.69, 9.17) is 5.11 Å². The van der Waals surface area contributed by atoms with Crippen molar-refractivity contribution in [2.24, 2.45) is 0 Å². The van der Waals surface area contributed by atoms with Gasteiger partial charge < -0.3 is 20.8 Å². The number of aliphatic hydroxyl groups excluding tert-OH is 2. The minimum Gasteiger partial charge on any atom is -0.395 e. The molecule has 0 aromatic heterocycles. The highest BCUT2D eigenvalue weighted by Gasteiger charge is 2.14. The zero-order chi connectivity index (χ0) is 7.98. The second-order valence-corrected chi connectivity index (χ2v) is 2.20. The Balaban J connectivity index is 3.53. The largest absolute Gasteiger partial charge is 0.395 e. The summed E-state index contributed by atoms with van der Waals surface area (Å²) >= 11 is 0. The Morgan fingerprint density at radius 1 is 1.40 bits per heavy atom. The molecule has 0 aliphatic carbocycles. The molecule has 0 aliphatic heterocycles. The maximum absolute atomic E-state index is 9.22. The van der Waals surface area contributed by atoms with Gasteiger partial charge in [-0.2, -0.15) is 0 Å². The van der Waals surface area contributed by atoms with E-state index in [1.807, 2.05) is 0 Å². The SMILES string of the molecule is CNCC(O)C(CO)NC. The molecule has 0 aliphatic rings. The lowest BCUT2D eigenvalue weighted by Crippen LogP contribution is -2.45. The summed E-state index contributed by atoms with van der Waals surface area (Å²) in [6.45, 7) is 0.450. The van der Waals surface area contributed by atoms with Gasteiger partial charge in [-0.3, -0.25) is 0 Å². The van der Waals surface area contributed by atoms with Gasteiger partial charge in [0.1, 0.15) is 0 Å². The molecule has 10 heavy (non-hydrogen) atoms. The second kappa shape index (κ2) is 5.61. The first kappa shape index (κ1) is 9.84. The third-order valence-corrected chi connectivity index (χ3v) is 1.45. The molecule has 0 aromatic carbocycles. The van der Waals surface area contributed by atoms with Crippen LogP contribution in [-0.4, -0.2) is 49.6 Å². The number of aliphatic hydroxyl groups is 2. The average Bonchev–Trinajstić information content (AvgIpc) is 1.91. The fourth-order valence-electron chi connectivity index (χ4n) is 0.757. The molecule has 4 heteroatoms. The molecule has 4 N–H and O–H groups in total. The number of rotatable bonds is 5. The third kappa shape index (κ3) is 3.12. The van der Waals surface area contributed by atoms with Gasteiger partial charge in [-0.1, -0.05) is 0 Å². The van der Waals surface area contributed by atoms with Gasteiger partial charge in [0.15, 0.2) is 0 Å². The highest BCUT2D eigenvalue weighted by atomic mass is 16.3. The van der Waals surface area contributed by atoms with Crippen molar-refractivity contribution in [3.63, 3.8) is 0 Å². The van der Waals surface area contributed by atoms with Crippen LogP contribution in [0, 0.1) is 0 Å². The van der Waals surface area contributed by atoms with Crippen LogP contribution in [0.4, 0.5) is 0 Å². The highest BCUT2D eigenvalue weighted by molar-refractivity contribution is 4.73. The third-order valence-electron chi connectivity index (χ3n) is 1.45. The van der Waals surface area contributed by atoms with E-state index in [0.717, 1.165) is 0 Å². The summed E-state index contributed by atoms with van der Waals surface area (Å²) in [6.07, 6.45) is -0.528. The molecule has 0 radical (unpaired) electrons. The van der Waals surface area contributed by atoms with Crippen LogP contribution in [0.1, 0.15) is 0 Å². The first-order valence-corrected chi connectivity index (χ1v) is 3.37. The van der Waals surface area contributed by atoms with E-state index in [0.29, 0.717) is 6.54 Å². The Morgan fingerprint density at radius 3 is 2.30 bits per heavy atom. The molecule has 62 valence electrons. The Kier molecular flexibility index (Phi) is 5.52. The predicted octanol–water partition coefficient (Wildman–Crippen LogP) is -1.85. The lowest BCUT2D eigenvalue weighted by atomic mass is 10.2. The maximum Gasteiger partial charge on any atom is 0.0839 e. The van der Waals surface area contributed by atoms with Crippen LogP contribution in [0.5, 0.6) is 0 Å². The predicted molar refractivity (Wildman–Crippen MR) is 39.9 cm³/mol. The Hall–Kier alpha value is -0.160. The molecule has 0 aromatic rings. The van der Waals surface area contributed by atoms with Crippen LogP contribution < -0.4 is 10.6 Å². The first-order chi connectivity index (χ1) is 4.76. The smallest absolute Gasteiger partial charge is 0.0839 e. The van der Waals surface area contributed by atoms with Gasteiger partial charge >= 0.3 is 0 Å². The van der Waals surface area contributed by atoms with Gasteiger partial charge in [0.2, 0.25) is 0 Å². The molecular formula is C6H16N2O2. The second-order valence-electron chi connectivity index (χ2n) is 2.20. The fraction of sp³-hybridized carbons (Fsp3) is 1.00. The van der Waals surface area contributed by atoms with E-state index in [1.165, 1.54) is 0 Å². The van der Waals surface area contributed by atoms with E-state index in [1.54, 1.807) is 14.1 Å². The number of likely N-dealkylation sites (N-methyl/N-ethyl adjacent to an activating group) is 2. The Bertz CT molecular complexity index is 76.1. The normalized spacial score (nSPS) is 16.8. The van der Waals surface area contributed by atoms with E-state index in [-0.39, 0.29) is 12.6 Å². The summed E-state index contributed by atoms with van der Waals surface area (Å²) in [5, 5.41) is 23.5. The van der Waals surface area contributed by atoms with Crippen molar-refractivity contribution in [3.05, 3.63) is 0 Å². The van der Waals surface area contributed by atoms with Crippen LogP contribution in [0.25, 0.3) is 0 Å². The zero-order valence-electron chi connectivity index (χ0n) is 6.46. The van der Waals surface area contributed by atoms with Gasteiger partial charge in [-0.25, -0.2) is 0 Å². The van der Waals surface area contributed by atoms with Crippen molar-refractivity contribution in [2.45, 2.75) is 12.1 Å². The van der Waals surface area contributed by atoms with E-state index < -0.39 is 6.10 Å². The van der Waals surface area contributed by atoms with Gasteiger partial charge in [-0.05, 0) is 14.1 Å². The van der Waals surface area contributed by atoms with Gasteiger partial charge in [0.05, 0.1) is 18.8 Å². The number of nitrogens with one attached hydrogen (secondary N) is 2. The summed E-state index contributed by atoms with van der Waals surface area (Å²) in [4.78, 5) is 0. The fourth-order valence-corrected chi connectivity index (χ4v) is 0.757. The highest BCUT2D eigenvalue weighted by Crippen LogP contribution is 1.89. The van der Waals surface area contributed by atoms with Gasteiger partial charge in [-0.15, -0.1) is 0 Å². The lowest BCUT2D eigenvalue weighted by molar-refractivity contribution is 0.0948. The number of hydrogen-bond donors (Lipinski definition) is 4. The number of hydrogen-bond acceptors (Lipinski definition) is 4. The molecule has 4 nitrogen and oxygen atoms in total. The minimum atomic E-state index is -0.528. The summed E-state index contributed by atoms with van der Waals surface area (Å²) < 4.78 is 0. The molecule has 0 saturated heterocycles. The molecule has 0 amide bonds. The first-order valence-electron chi connectivity index (χ1n) is 3.37. The molecule has 0 heterocycles. The van der Waals surface area contributed by atoms with Crippen molar-refractivity contribution in [3.8, 4) is 0 Å². The summed E-state index contributed by atoms with van der Waals surface area (Å²) in [5.74, 6) is 0. The topological polar surface area (TPSA) is 64.5 Å². The summed E-state index contributed by atoms with van der Waals surface area (Å²) in [5.41, 5.74) is 0. The van der Waals surface area contributed by atoms with E-state index >= 15 is 0 Å². The zero-order valence-corrected chi connectivity index (χ0v) is 6.46. The molecule has 0 fully saturated rings. The maximum atomic E-state index is 9.22.